The van der Waals surface area contributed by atoms with E-state index in [4.69, 9.17) is 4.74 Å². The van der Waals surface area contributed by atoms with Crippen LogP contribution in [-0.4, -0.2) is 46.7 Å². The van der Waals surface area contributed by atoms with Gasteiger partial charge in [0.2, 0.25) is 10.0 Å². The summed E-state index contributed by atoms with van der Waals surface area (Å²) >= 11 is 0. The Hall–Kier alpha value is -2.28. The highest BCUT2D eigenvalue weighted by atomic mass is 127. The van der Waals surface area contributed by atoms with Gasteiger partial charge in [-0.1, -0.05) is 30.3 Å². The number of ether oxygens (including phenoxy) is 1. The molecule has 0 spiro atoms. The molecule has 32 heavy (non-hydrogen) atoms. The van der Waals surface area contributed by atoms with Crippen LogP contribution in [0.25, 0.3) is 10.9 Å². The molecule has 0 unspecified atom stereocenters. The number of halogens is 1. The number of rotatable bonds is 9. The average Bonchev–Trinajstić information content (AvgIpc) is 2.79. The number of pyridine rings is 1. The van der Waals surface area contributed by atoms with Gasteiger partial charge in [0, 0.05) is 45.4 Å². The average molecular weight is 569 g/mol. The highest BCUT2D eigenvalue weighted by Crippen LogP contribution is 2.16. The Labute approximate surface area is 206 Å². The normalized spacial score (nSPS) is 11.8. The number of hydrogen-bond donors (Lipinski definition) is 3. The number of benzene rings is 2. The number of nitrogens with one attached hydrogen (secondary N) is 3. The lowest BCUT2D eigenvalue weighted by atomic mass is 10.1. The second-order valence-electron chi connectivity index (χ2n) is 6.80. The van der Waals surface area contributed by atoms with Crippen LogP contribution < -0.4 is 15.4 Å². The van der Waals surface area contributed by atoms with Gasteiger partial charge in [0.15, 0.2) is 5.96 Å². The molecule has 0 radical (unpaired) electrons. The minimum absolute atomic E-state index is 0. The molecule has 172 valence electrons. The van der Waals surface area contributed by atoms with Crippen LogP contribution in [-0.2, 0) is 27.8 Å². The number of guanidine groups is 1. The van der Waals surface area contributed by atoms with E-state index in [1.54, 1.807) is 31.4 Å². The highest BCUT2D eigenvalue weighted by molar-refractivity contribution is 14.0. The fourth-order valence-corrected chi connectivity index (χ4v) is 4.16. The Bertz CT molecular complexity index is 1150. The van der Waals surface area contributed by atoms with Gasteiger partial charge >= 0.3 is 0 Å². The van der Waals surface area contributed by atoms with Gasteiger partial charge in [-0.25, -0.2) is 13.1 Å². The van der Waals surface area contributed by atoms with Gasteiger partial charge in [-0.3, -0.25) is 9.98 Å². The first-order valence-corrected chi connectivity index (χ1v) is 11.4. The van der Waals surface area contributed by atoms with Crippen LogP contribution in [0.2, 0.25) is 0 Å². The minimum atomic E-state index is -3.58. The third-order valence-electron chi connectivity index (χ3n) is 4.68. The third kappa shape index (κ3) is 7.12. The number of hydrogen-bond acceptors (Lipinski definition) is 5. The molecule has 10 heteroatoms. The van der Waals surface area contributed by atoms with E-state index in [9.17, 15) is 8.42 Å². The molecule has 0 saturated carbocycles. The maximum Gasteiger partial charge on any atom is 0.240 e. The summed E-state index contributed by atoms with van der Waals surface area (Å²) in [5.74, 6) is 0.618. The molecule has 3 N–H and O–H groups in total. The molecule has 2 aromatic carbocycles. The molecule has 0 aliphatic heterocycles. The number of aliphatic imine (C=N–C) groups is 1. The standard InChI is InChI=1S/C22H27N5O3S.HI/c1-23-22(26-16-18-10-11-24-21-9-4-3-8-20(18)21)25-15-17-6-5-7-19(14-17)31(28,29)27-12-13-30-2;/h3-11,14,27H,12-13,15-16H2,1-2H3,(H2,23,25,26);1H. The van der Waals surface area contributed by atoms with Crippen molar-refractivity contribution in [3.63, 3.8) is 0 Å². The zero-order chi connectivity index (χ0) is 22.1. The van der Waals surface area contributed by atoms with Gasteiger partial charge in [0.25, 0.3) is 0 Å². The fourth-order valence-electron chi connectivity index (χ4n) is 3.08. The van der Waals surface area contributed by atoms with Gasteiger partial charge in [0.05, 0.1) is 17.0 Å². The first-order valence-electron chi connectivity index (χ1n) is 9.88. The van der Waals surface area contributed by atoms with Crippen molar-refractivity contribution in [1.29, 1.82) is 0 Å². The summed E-state index contributed by atoms with van der Waals surface area (Å²) in [4.78, 5) is 8.85. The first kappa shape index (κ1) is 26.0. The van der Waals surface area contributed by atoms with E-state index in [1.807, 2.05) is 36.4 Å². The topological polar surface area (TPSA) is 105 Å². The van der Waals surface area contributed by atoms with Crippen molar-refractivity contribution in [3.05, 3.63) is 71.9 Å². The zero-order valence-electron chi connectivity index (χ0n) is 18.0. The molecular weight excluding hydrogens is 541 g/mol. The monoisotopic (exact) mass is 569 g/mol. The molecule has 0 saturated heterocycles. The summed E-state index contributed by atoms with van der Waals surface area (Å²) in [5, 5.41) is 7.61. The molecule has 0 fully saturated rings. The van der Waals surface area contributed by atoms with Gasteiger partial charge in [-0.05, 0) is 35.4 Å². The number of para-hydroxylation sites is 1. The van der Waals surface area contributed by atoms with E-state index in [2.05, 4.69) is 25.3 Å². The molecule has 0 bridgehead atoms. The number of sulfonamides is 1. The summed E-state index contributed by atoms with van der Waals surface area (Å²) in [5.41, 5.74) is 2.89. The second kappa shape index (κ2) is 12.7. The molecule has 1 heterocycles. The lowest BCUT2D eigenvalue weighted by Crippen LogP contribution is -2.36. The fraction of sp³-hybridized carbons (Fsp3) is 0.273. The number of methoxy groups -OCH3 is 1. The molecule has 8 nitrogen and oxygen atoms in total. The van der Waals surface area contributed by atoms with Gasteiger partial charge in [-0.15, -0.1) is 24.0 Å². The third-order valence-corrected chi connectivity index (χ3v) is 6.13. The predicted octanol–water partition coefficient (Wildman–Crippen LogP) is 2.64. The number of aromatic nitrogens is 1. The number of nitrogens with zero attached hydrogens (tertiary/aromatic N) is 2. The smallest absolute Gasteiger partial charge is 0.240 e. The zero-order valence-corrected chi connectivity index (χ0v) is 21.2. The SMILES string of the molecule is CN=C(NCc1cccc(S(=O)(=O)NCCOC)c1)NCc1ccnc2ccccc12.I. The minimum Gasteiger partial charge on any atom is -0.383 e. The van der Waals surface area contributed by atoms with Crippen molar-refractivity contribution < 1.29 is 13.2 Å². The summed E-state index contributed by atoms with van der Waals surface area (Å²) < 4.78 is 32.2. The molecule has 1 aromatic heterocycles. The van der Waals surface area contributed by atoms with Crippen LogP contribution in [0.15, 0.2) is 70.7 Å². The molecule has 0 aliphatic rings. The van der Waals surface area contributed by atoms with Crippen molar-refractivity contribution in [2.45, 2.75) is 18.0 Å². The Balaban J connectivity index is 0.00000363. The van der Waals surface area contributed by atoms with Crippen LogP contribution in [0.5, 0.6) is 0 Å². The molecule has 0 amide bonds. The van der Waals surface area contributed by atoms with E-state index >= 15 is 0 Å². The Morgan fingerprint density at radius 3 is 2.62 bits per heavy atom. The maximum absolute atomic E-state index is 12.4. The van der Waals surface area contributed by atoms with Gasteiger partial charge < -0.3 is 15.4 Å². The molecule has 3 rings (SSSR count). The predicted molar refractivity (Wildman–Crippen MR) is 138 cm³/mol. The Morgan fingerprint density at radius 1 is 1.06 bits per heavy atom. The van der Waals surface area contributed by atoms with Crippen molar-refractivity contribution in [2.75, 3.05) is 27.3 Å². The summed E-state index contributed by atoms with van der Waals surface area (Å²) in [6, 6.07) is 16.8. The van der Waals surface area contributed by atoms with Crippen LogP contribution in [0.3, 0.4) is 0 Å². The second-order valence-corrected chi connectivity index (χ2v) is 8.57. The van der Waals surface area contributed by atoms with Crippen LogP contribution in [0.1, 0.15) is 11.1 Å². The van der Waals surface area contributed by atoms with Crippen molar-refractivity contribution >= 4 is 50.9 Å². The quantitative estimate of drug-likeness (QED) is 0.159. The van der Waals surface area contributed by atoms with Crippen molar-refractivity contribution in [2.24, 2.45) is 4.99 Å². The molecule has 3 aromatic rings. The first-order chi connectivity index (χ1) is 15.0. The van der Waals surface area contributed by atoms with E-state index in [1.165, 1.54) is 7.11 Å². The van der Waals surface area contributed by atoms with Crippen molar-refractivity contribution in [3.8, 4) is 0 Å². The largest absolute Gasteiger partial charge is 0.383 e. The summed E-state index contributed by atoms with van der Waals surface area (Å²) in [6.07, 6.45) is 1.79. The molecule has 0 aliphatic carbocycles. The van der Waals surface area contributed by atoms with E-state index < -0.39 is 10.0 Å². The van der Waals surface area contributed by atoms with Crippen molar-refractivity contribution in [1.82, 2.24) is 20.3 Å². The Kier molecular flexibility index (Phi) is 10.3. The Morgan fingerprint density at radius 2 is 1.84 bits per heavy atom. The van der Waals surface area contributed by atoms with Crippen LogP contribution >= 0.6 is 24.0 Å². The molecular formula is C22H28IN5O3S. The maximum atomic E-state index is 12.4. The van der Waals surface area contributed by atoms with Gasteiger partial charge in [-0.2, -0.15) is 0 Å². The van der Waals surface area contributed by atoms with Crippen LogP contribution in [0.4, 0.5) is 0 Å². The molecule has 0 atom stereocenters. The lowest BCUT2D eigenvalue weighted by molar-refractivity contribution is 0.204. The van der Waals surface area contributed by atoms with E-state index in [0.717, 1.165) is 22.0 Å². The van der Waals surface area contributed by atoms with Gasteiger partial charge in [0.1, 0.15) is 0 Å². The number of fused-ring (bicyclic) bond motifs is 1. The summed E-state index contributed by atoms with van der Waals surface area (Å²) in [7, 11) is -0.354. The van der Waals surface area contributed by atoms with E-state index in [-0.39, 0.29) is 35.4 Å². The van der Waals surface area contributed by atoms with Crippen LogP contribution in [0, 0.1) is 0 Å². The lowest BCUT2D eigenvalue weighted by Gasteiger charge is -2.14. The highest BCUT2D eigenvalue weighted by Gasteiger charge is 2.13. The summed E-state index contributed by atoms with van der Waals surface area (Å²) in [6.45, 7) is 1.55. The van der Waals surface area contributed by atoms with E-state index in [0.29, 0.717) is 25.7 Å².